The Kier molecular flexibility index (Phi) is 6.02. The van der Waals surface area contributed by atoms with Gasteiger partial charge < -0.3 is 4.90 Å². The van der Waals surface area contributed by atoms with Gasteiger partial charge in [0.25, 0.3) is 5.91 Å². The van der Waals surface area contributed by atoms with E-state index in [0.717, 1.165) is 34.6 Å². The van der Waals surface area contributed by atoms with Crippen molar-refractivity contribution in [2.45, 2.75) is 11.1 Å². The third kappa shape index (κ3) is 4.62. The Morgan fingerprint density at radius 1 is 1.00 bits per heavy atom. The molecule has 5 nitrogen and oxygen atoms in total. The molecule has 1 aliphatic rings. The number of benzene rings is 2. The van der Waals surface area contributed by atoms with Crippen LogP contribution in [0.25, 0.3) is 0 Å². The molecule has 0 unspecified atom stereocenters. The molecule has 0 aliphatic carbocycles. The topological polar surface area (TPSA) is 57.7 Å². The number of sulfonamides is 1. The molecule has 0 aromatic heterocycles. The Balaban J connectivity index is 1.74. The SMILES string of the molecule is O=C(c1ccc(F)cc1Br)N1CCN(S(=O)(=O)c2cccc(C(F)(F)F)c2)CC1. The van der Waals surface area contributed by atoms with Gasteiger partial charge in [-0.3, -0.25) is 4.79 Å². The van der Waals surface area contributed by atoms with E-state index in [2.05, 4.69) is 15.9 Å². The van der Waals surface area contributed by atoms with Gasteiger partial charge in [0.15, 0.2) is 0 Å². The molecule has 1 saturated heterocycles. The molecule has 156 valence electrons. The van der Waals surface area contributed by atoms with Crippen molar-refractivity contribution >= 4 is 31.9 Å². The molecule has 1 heterocycles. The van der Waals surface area contributed by atoms with E-state index in [-0.39, 0.29) is 36.2 Å². The Bertz CT molecular complexity index is 1040. The normalized spacial score (nSPS) is 16.1. The van der Waals surface area contributed by atoms with Crippen LogP contribution in [-0.4, -0.2) is 49.7 Å². The maximum atomic E-state index is 13.2. The van der Waals surface area contributed by atoms with E-state index in [9.17, 15) is 30.8 Å². The fraction of sp³-hybridized carbons (Fsp3) is 0.278. The summed E-state index contributed by atoms with van der Waals surface area (Å²) in [6.45, 7) is -0.0199. The number of alkyl halides is 3. The minimum Gasteiger partial charge on any atom is -0.336 e. The zero-order valence-electron chi connectivity index (χ0n) is 14.8. The molecule has 0 radical (unpaired) electrons. The van der Waals surface area contributed by atoms with E-state index >= 15 is 0 Å². The maximum Gasteiger partial charge on any atom is 0.416 e. The summed E-state index contributed by atoms with van der Waals surface area (Å²) in [6.07, 6.45) is -4.65. The van der Waals surface area contributed by atoms with Crippen molar-refractivity contribution in [3.63, 3.8) is 0 Å². The Morgan fingerprint density at radius 3 is 2.24 bits per heavy atom. The third-order valence-electron chi connectivity index (χ3n) is 4.49. The number of amides is 1. The zero-order chi connectivity index (χ0) is 21.4. The molecule has 1 fully saturated rings. The molecular formula is C18H15BrF4N2O3S. The number of carbonyl (C=O) groups is 1. The second-order valence-corrected chi connectivity index (χ2v) is 9.14. The lowest BCUT2D eigenvalue weighted by molar-refractivity contribution is -0.137. The van der Waals surface area contributed by atoms with Crippen LogP contribution in [0, 0.1) is 5.82 Å². The Hall–Kier alpha value is -1.98. The molecule has 0 saturated carbocycles. The molecule has 1 amide bonds. The minimum atomic E-state index is -4.65. The molecule has 0 N–H and O–H groups in total. The van der Waals surface area contributed by atoms with Gasteiger partial charge in [-0.05, 0) is 52.3 Å². The van der Waals surface area contributed by atoms with Crippen molar-refractivity contribution in [1.29, 1.82) is 0 Å². The van der Waals surface area contributed by atoms with Crippen LogP contribution >= 0.6 is 15.9 Å². The number of rotatable bonds is 3. The smallest absolute Gasteiger partial charge is 0.336 e. The Morgan fingerprint density at radius 2 is 1.66 bits per heavy atom. The lowest BCUT2D eigenvalue weighted by Crippen LogP contribution is -2.50. The van der Waals surface area contributed by atoms with Crippen LogP contribution in [0.4, 0.5) is 17.6 Å². The fourth-order valence-electron chi connectivity index (χ4n) is 2.95. The first-order chi connectivity index (χ1) is 13.5. The van der Waals surface area contributed by atoms with Gasteiger partial charge in [-0.1, -0.05) is 6.07 Å². The van der Waals surface area contributed by atoms with Gasteiger partial charge in [-0.25, -0.2) is 12.8 Å². The van der Waals surface area contributed by atoms with E-state index in [4.69, 9.17) is 0 Å². The van der Waals surface area contributed by atoms with E-state index in [0.29, 0.717) is 6.07 Å². The second-order valence-electron chi connectivity index (χ2n) is 6.35. The van der Waals surface area contributed by atoms with Gasteiger partial charge >= 0.3 is 6.18 Å². The summed E-state index contributed by atoms with van der Waals surface area (Å²) in [5.74, 6) is -0.904. The molecule has 0 atom stereocenters. The molecule has 1 aliphatic heterocycles. The van der Waals surface area contributed by atoms with Crippen molar-refractivity contribution in [2.24, 2.45) is 0 Å². The predicted molar refractivity (Wildman–Crippen MR) is 100 cm³/mol. The van der Waals surface area contributed by atoms with E-state index < -0.39 is 38.4 Å². The molecule has 0 spiro atoms. The number of carbonyl (C=O) groups excluding carboxylic acids is 1. The minimum absolute atomic E-state index is 0.0564. The standard InChI is InChI=1S/C18H15BrF4N2O3S/c19-16-11-13(20)4-5-15(16)17(26)24-6-8-25(9-7-24)29(27,28)14-3-1-2-12(10-14)18(21,22)23/h1-5,10-11H,6-9H2. The van der Waals surface area contributed by atoms with Crippen LogP contribution < -0.4 is 0 Å². The number of hydrogen-bond acceptors (Lipinski definition) is 3. The quantitative estimate of drug-likeness (QED) is 0.610. The van der Waals surface area contributed by atoms with Crippen LogP contribution in [0.3, 0.4) is 0 Å². The van der Waals surface area contributed by atoms with E-state index in [1.165, 1.54) is 11.0 Å². The summed E-state index contributed by atoms with van der Waals surface area (Å²) in [7, 11) is -4.14. The molecule has 3 rings (SSSR count). The molecule has 11 heteroatoms. The summed E-state index contributed by atoms with van der Waals surface area (Å²) in [5, 5.41) is 0. The van der Waals surface area contributed by atoms with Crippen LogP contribution in [-0.2, 0) is 16.2 Å². The van der Waals surface area contributed by atoms with Gasteiger partial charge in [-0.15, -0.1) is 0 Å². The summed E-state index contributed by atoms with van der Waals surface area (Å²) in [6, 6.07) is 7.18. The summed E-state index contributed by atoms with van der Waals surface area (Å²) in [4.78, 5) is 13.6. The molecular weight excluding hydrogens is 480 g/mol. The fourth-order valence-corrected chi connectivity index (χ4v) is 4.94. The van der Waals surface area contributed by atoms with Crippen molar-refractivity contribution in [2.75, 3.05) is 26.2 Å². The van der Waals surface area contributed by atoms with Crippen molar-refractivity contribution in [1.82, 2.24) is 9.21 Å². The van der Waals surface area contributed by atoms with Crippen LogP contribution in [0.5, 0.6) is 0 Å². The lowest BCUT2D eigenvalue weighted by atomic mass is 10.2. The van der Waals surface area contributed by atoms with Gasteiger partial charge in [0, 0.05) is 30.7 Å². The van der Waals surface area contributed by atoms with Crippen molar-refractivity contribution < 1.29 is 30.8 Å². The second kappa shape index (κ2) is 8.04. The van der Waals surface area contributed by atoms with E-state index in [1.807, 2.05) is 0 Å². The predicted octanol–water partition coefficient (Wildman–Crippen LogP) is 3.75. The number of nitrogens with zero attached hydrogens (tertiary/aromatic N) is 2. The van der Waals surface area contributed by atoms with Gasteiger partial charge in [0.05, 0.1) is 16.0 Å². The highest BCUT2D eigenvalue weighted by Crippen LogP contribution is 2.31. The molecule has 2 aromatic rings. The van der Waals surface area contributed by atoms with Crippen molar-refractivity contribution in [3.8, 4) is 0 Å². The van der Waals surface area contributed by atoms with Gasteiger partial charge in [0.1, 0.15) is 5.82 Å². The van der Waals surface area contributed by atoms with Crippen LogP contribution in [0.2, 0.25) is 0 Å². The average molecular weight is 495 g/mol. The monoisotopic (exact) mass is 494 g/mol. The summed E-state index contributed by atoms with van der Waals surface area (Å²) < 4.78 is 78.6. The molecule has 0 bridgehead atoms. The van der Waals surface area contributed by atoms with Crippen LogP contribution in [0.1, 0.15) is 15.9 Å². The highest BCUT2D eigenvalue weighted by molar-refractivity contribution is 9.10. The van der Waals surface area contributed by atoms with Crippen molar-refractivity contribution in [3.05, 3.63) is 63.9 Å². The highest BCUT2D eigenvalue weighted by Gasteiger charge is 2.34. The largest absolute Gasteiger partial charge is 0.416 e. The number of hydrogen-bond donors (Lipinski definition) is 0. The maximum absolute atomic E-state index is 13.2. The van der Waals surface area contributed by atoms with E-state index in [1.54, 1.807) is 0 Å². The average Bonchev–Trinajstić information content (AvgIpc) is 2.67. The van der Waals surface area contributed by atoms with Gasteiger partial charge in [-0.2, -0.15) is 17.5 Å². The molecule has 29 heavy (non-hydrogen) atoms. The molecule has 2 aromatic carbocycles. The first-order valence-corrected chi connectivity index (χ1v) is 10.7. The Labute approximate surface area is 173 Å². The first kappa shape index (κ1) is 21.7. The first-order valence-electron chi connectivity index (χ1n) is 8.42. The highest BCUT2D eigenvalue weighted by atomic mass is 79.9. The summed E-state index contributed by atoms with van der Waals surface area (Å²) >= 11 is 3.13. The van der Waals surface area contributed by atoms with Gasteiger partial charge in [0.2, 0.25) is 10.0 Å². The third-order valence-corrected chi connectivity index (χ3v) is 7.04. The lowest BCUT2D eigenvalue weighted by Gasteiger charge is -2.34. The zero-order valence-corrected chi connectivity index (χ0v) is 17.2. The number of piperazine rings is 1. The number of halogens is 5. The summed E-state index contributed by atoms with van der Waals surface area (Å²) in [5.41, 5.74) is -0.811. The van der Waals surface area contributed by atoms with Crippen LogP contribution in [0.15, 0.2) is 51.8 Å².